The summed E-state index contributed by atoms with van der Waals surface area (Å²) in [5.41, 5.74) is 4.45. The van der Waals surface area contributed by atoms with Gasteiger partial charge in [-0.15, -0.1) is 0 Å². The monoisotopic (exact) mass is 325 g/mol. The van der Waals surface area contributed by atoms with Crippen molar-refractivity contribution in [1.82, 2.24) is 0 Å². The molecule has 0 saturated heterocycles. The minimum Gasteiger partial charge on any atom is -0.406 e. The fraction of sp³-hybridized carbons (Fsp3) is 0.500. The summed E-state index contributed by atoms with van der Waals surface area (Å²) in [4.78, 5) is 42.2. The van der Waals surface area contributed by atoms with Gasteiger partial charge in [0.25, 0.3) is 0 Å². The highest BCUT2D eigenvalue weighted by Crippen LogP contribution is 2.27. The van der Waals surface area contributed by atoms with Gasteiger partial charge in [-0.2, -0.15) is 26.3 Å². The van der Waals surface area contributed by atoms with Crippen LogP contribution in [0.25, 0.3) is 0 Å². The van der Waals surface area contributed by atoms with Gasteiger partial charge < -0.3 is 20.0 Å². The van der Waals surface area contributed by atoms with Gasteiger partial charge in [-0.05, 0) is 0 Å². The molecule has 0 heterocycles. The summed E-state index contributed by atoms with van der Waals surface area (Å²) in [5, 5.41) is 0. The van der Waals surface area contributed by atoms with E-state index in [4.69, 9.17) is 0 Å². The number of carbonyl (C=O) groups excluding carboxylic acids is 4. The number of nitrogens with two attached hydrogens (primary N) is 1. The molecule has 0 saturated carbocycles. The minimum atomic E-state index is -5.74. The van der Waals surface area contributed by atoms with Crippen molar-refractivity contribution in [1.29, 1.82) is 0 Å². The summed E-state index contributed by atoms with van der Waals surface area (Å²) in [6.45, 7) is 0. The SMILES string of the molecule is NC(=O)C(CC=O)(OC(=O)C(F)(F)F)OC(=O)C(F)(F)F. The smallest absolute Gasteiger partial charge is 0.406 e. The molecule has 0 aromatic carbocycles. The third kappa shape index (κ3) is 4.92. The molecule has 13 heteroatoms. The topological polar surface area (TPSA) is 113 Å². The summed E-state index contributed by atoms with van der Waals surface area (Å²) in [7, 11) is 0. The molecule has 0 atom stereocenters. The Bertz CT molecular complexity index is 427. The third-order valence-corrected chi connectivity index (χ3v) is 1.71. The average molecular weight is 325 g/mol. The Hall–Kier alpha value is -2.34. The van der Waals surface area contributed by atoms with Crippen molar-refractivity contribution in [3.05, 3.63) is 0 Å². The molecule has 2 N–H and O–H groups in total. The van der Waals surface area contributed by atoms with Crippen LogP contribution in [0, 0.1) is 0 Å². The maximum Gasteiger partial charge on any atom is 0.491 e. The third-order valence-electron chi connectivity index (χ3n) is 1.71. The van der Waals surface area contributed by atoms with Gasteiger partial charge in [-0.1, -0.05) is 0 Å². The molecule has 1 amide bonds. The number of esters is 2. The first-order chi connectivity index (χ1) is 9.26. The van der Waals surface area contributed by atoms with Gasteiger partial charge in [-0.3, -0.25) is 4.79 Å². The van der Waals surface area contributed by atoms with Crippen LogP contribution < -0.4 is 5.73 Å². The van der Waals surface area contributed by atoms with Gasteiger partial charge >= 0.3 is 36.0 Å². The Morgan fingerprint density at radius 3 is 1.43 bits per heavy atom. The van der Waals surface area contributed by atoms with E-state index in [1.807, 2.05) is 0 Å². The highest BCUT2D eigenvalue weighted by molar-refractivity contribution is 5.91. The van der Waals surface area contributed by atoms with Crippen LogP contribution >= 0.6 is 0 Å². The quantitative estimate of drug-likeness (QED) is 0.329. The van der Waals surface area contributed by atoms with E-state index in [1.165, 1.54) is 0 Å². The van der Waals surface area contributed by atoms with Gasteiger partial charge in [0.05, 0.1) is 6.42 Å². The number of carbonyl (C=O) groups is 4. The van der Waals surface area contributed by atoms with Crippen molar-refractivity contribution < 1.29 is 55.0 Å². The number of hydrogen-bond acceptors (Lipinski definition) is 6. The number of alkyl halides is 6. The second-order valence-electron chi connectivity index (χ2n) is 3.26. The Labute approximate surface area is 111 Å². The van der Waals surface area contributed by atoms with Crippen LogP contribution in [0.15, 0.2) is 0 Å². The number of rotatable bonds is 5. The molecule has 0 spiro atoms. The van der Waals surface area contributed by atoms with Crippen molar-refractivity contribution in [3.63, 3.8) is 0 Å². The molecule has 0 aliphatic rings. The van der Waals surface area contributed by atoms with E-state index in [0.717, 1.165) is 0 Å². The van der Waals surface area contributed by atoms with Crippen molar-refractivity contribution in [2.45, 2.75) is 24.6 Å². The van der Waals surface area contributed by atoms with E-state index in [0.29, 0.717) is 0 Å². The maximum atomic E-state index is 12.0. The summed E-state index contributed by atoms with van der Waals surface area (Å²) in [6.07, 6.45) is -13.6. The predicted molar refractivity (Wildman–Crippen MR) is 46.9 cm³/mol. The first-order valence-electron chi connectivity index (χ1n) is 4.60. The molecule has 0 rings (SSSR count). The van der Waals surface area contributed by atoms with Crippen LogP contribution in [-0.4, -0.2) is 42.3 Å². The van der Waals surface area contributed by atoms with Crippen LogP contribution in [0.2, 0.25) is 0 Å². The number of primary amides is 1. The molecule has 0 bridgehead atoms. The fourth-order valence-corrected chi connectivity index (χ4v) is 0.830. The summed E-state index contributed by atoms with van der Waals surface area (Å²) >= 11 is 0. The van der Waals surface area contributed by atoms with Crippen LogP contribution in [-0.2, 0) is 28.7 Å². The highest BCUT2D eigenvalue weighted by atomic mass is 19.4. The molecule has 0 radical (unpaired) electrons. The minimum absolute atomic E-state index is 0.432. The first kappa shape index (κ1) is 18.7. The average Bonchev–Trinajstić information content (AvgIpc) is 2.25. The predicted octanol–water partition coefficient (Wildman–Crippen LogP) is -0.0320. The number of amides is 1. The summed E-state index contributed by atoms with van der Waals surface area (Å²) < 4.78 is 78.6. The van der Waals surface area contributed by atoms with E-state index >= 15 is 0 Å². The van der Waals surface area contributed by atoms with Crippen LogP contribution in [0.3, 0.4) is 0 Å². The molecular weight excluding hydrogens is 320 g/mol. The van der Waals surface area contributed by atoms with Crippen molar-refractivity contribution >= 4 is 24.1 Å². The summed E-state index contributed by atoms with van der Waals surface area (Å²) in [5.74, 6) is -12.4. The Kier molecular flexibility index (Phi) is 5.30. The van der Waals surface area contributed by atoms with E-state index in [1.54, 1.807) is 0 Å². The van der Waals surface area contributed by atoms with Crippen molar-refractivity contribution in [2.24, 2.45) is 5.73 Å². The van der Waals surface area contributed by atoms with E-state index in [-0.39, 0.29) is 0 Å². The van der Waals surface area contributed by atoms with E-state index < -0.39 is 48.7 Å². The standard InChI is InChI=1S/C8H5F6NO6/c9-7(10,11)4(18)20-6(1-2-16,3(15)17)21-5(19)8(12,13)14/h2H,1H2,(H2,15,17). The van der Waals surface area contributed by atoms with Gasteiger partial charge in [-0.25, -0.2) is 9.59 Å². The highest BCUT2D eigenvalue weighted by Gasteiger charge is 2.55. The van der Waals surface area contributed by atoms with Gasteiger partial charge in [0.2, 0.25) is 0 Å². The first-order valence-corrected chi connectivity index (χ1v) is 4.60. The fourth-order valence-electron chi connectivity index (χ4n) is 0.830. The number of halogens is 6. The molecule has 0 aliphatic heterocycles. The van der Waals surface area contributed by atoms with Gasteiger partial charge in [0.1, 0.15) is 6.29 Å². The van der Waals surface area contributed by atoms with Crippen molar-refractivity contribution in [3.8, 4) is 0 Å². The Morgan fingerprint density at radius 2 is 1.24 bits per heavy atom. The zero-order valence-electron chi connectivity index (χ0n) is 9.58. The Morgan fingerprint density at radius 1 is 0.905 bits per heavy atom. The van der Waals surface area contributed by atoms with Crippen LogP contribution in [0.4, 0.5) is 26.3 Å². The van der Waals surface area contributed by atoms with Crippen LogP contribution in [0.5, 0.6) is 0 Å². The lowest BCUT2D eigenvalue weighted by atomic mass is 10.2. The van der Waals surface area contributed by atoms with Crippen molar-refractivity contribution in [2.75, 3.05) is 0 Å². The molecular formula is C8H5F6NO6. The lowest BCUT2D eigenvalue weighted by molar-refractivity contribution is -0.264. The largest absolute Gasteiger partial charge is 0.491 e. The molecule has 120 valence electrons. The molecule has 0 aromatic rings. The van der Waals surface area contributed by atoms with Gasteiger partial charge in [0, 0.05) is 0 Å². The zero-order chi connectivity index (χ0) is 17.1. The summed E-state index contributed by atoms with van der Waals surface area (Å²) in [6, 6.07) is 0. The molecule has 21 heavy (non-hydrogen) atoms. The lowest BCUT2D eigenvalue weighted by Gasteiger charge is -2.28. The Balaban J connectivity index is 5.57. The number of ether oxygens (including phenoxy) is 2. The normalized spacial score (nSPS) is 12.5. The lowest BCUT2D eigenvalue weighted by Crippen LogP contribution is -2.54. The second kappa shape index (κ2) is 5.97. The number of aldehydes is 1. The van der Waals surface area contributed by atoms with Crippen LogP contribution in [0.1, 0.15) is 6.42 Å². The molecule has 0 aliphatic carbocycles. The molecule has 0 aromatic heterocycles. The molecule has 7 nitrogen and oxygen atoms in total. The molecule has 0 unspecified atom stereocenters. The van der Waals surface area contributed by atoms with E-state index in [9.17, 15) is 45.5 Å². The maximum absolute atomic E-state index is 12.0. The van der Waals surface area contributed by atoms with Gasteiger partial charge in [0.15, 0.2) is 0 Å². The number of hydrogen-bond donors (Lipinski definition) is 1. The van der Waals surface area contributed by atoms with E-state index in [2.05, 4.69) is 15.2 Å². The zero-order valence-corrected chi connectivity index (χ0v) is 9.58. The second-order valence-corrected chi connectivity index (χ2v) is 3.26. The molecule has 0 fully saturated rings.